The number of hydrogen-bond acceptors (Lipinski definition) is 7. The van der Waals surface area contributed by atoms with Crippen LogP contribution in [0.1, 0.15) is 12.7 Å². The van der Waals surface area contributed by atoms with Gasteiger partial charge in [0.15, 0.2) is 5.82 Å². The molecule has 0 radical (unpaired) electrons. The molecule has 20 heavy (non-hydrogen) atoms. The number of hydrazine groups is 1. The average molecular weight is 277 g/mol. The van der Waals surface area contributed by atoms with E-state index >= 15 is 0 Å². The minimum absolute atomic E-state index is 0.181. The minimum atomic E-state index is 0.181. The van der Waals surface area contributed by atoms with Gasteiger partial charge >= 0.3 is 0 Å². The molecule has 0 aliphatic heterocycles. The zero-order valence-electron chi connectivity index (χ0n) is 11.6. The maximum Gasteiger partial charge on any atom is 0.158 e. The van der Waals surface area contributed by atoms with Crippen LogP contribution < -0.4 is 16.6 Å². The summed E-state index contributed by atoms with van der Waals surface area (Å²) >= 11 is 0. The Morgan fingerprint density at radius 3 is 2.85 bits per heavy atom. The summed E-state index contributed by atoms with van der Waals surface area (Å²) < 4.78 is 7.04. The highest BCUT2D eigenvalue weighted by Gasteiger charge is 2.08. The number of nitrogen functional groups attached to an aromatic ring is 1. The number of hydrogen-bond donors (Lipinski definition) is 3. The number of nitrogens with two attached hydrogens (primary N) is 1. The van der Waals surface area contributed by atoms with E-state index in [1.807, 2.05) is 10.8 Å². The minimum Gasteiger partial charge on any atom is -0.377 e. The summed E-state index contributed by atoms with van der Waals surface area (Å²) in [6.45, 7) is 3.18. The number of ether oxygens (including phenoxy) is 1. The quantitative estimate of drug-likeness (QED) is 0.503. The number of nitrogens with one attached hydrogen (secondary N) is 2. The summed E-state index contributed by atoms with van der Waals surface area (Å²) in [6.07, 6.45) is 5.45. The molecule has 8 nitrogen and oxygen atoms in total. The number of rotatable bonds is 7. The first-order valence-electron chi connectivity index (χ1n) is 6.27. The van der Waals surface area contributed by atoms with Crippen molar-refractivity contribution in [2.75, 3.05) is 17.9 Å². The van der Waals surface area contributed by atoms with Gasteiger partial charge in [-0.25, -0.2) is 20.8 Å². The number of aromatic nitrogens is 4. The molecule has 2 aromatic heterocycles. The van der Waals surface area contributed by atoms with Gasteiger partial charge < -0.3 is 20.0 Å². The molecule has 0 saturated carbocycles. The van der Waals surface area contributed by atoms with Crippen LogP contribution >= 0.6 is 0 Å². The lowest BCUT2D eigenvalue weighted by Crippen LogP contribution is -2.23. The molecule has 108 valence electrons. The van der Waals surface area contributed by atoms with Crippen molar-refractivity contribution in [3.63, 3.8) is 0 Å². The summed E-state index contributed by atoms with van der Waals surface area (Å²) in [5.74, 6) is 7.22. The van der Waals surface area contributed by atoms with E-state index in [-0.39, 0.29) is 6.04 Å². The molecule has 4 N–H and O–H groups in total. The third-order valence-corrected chi connectivity index (χ3v) is 2.63. The lowest BCUT2D eigenvalue weighted by atomic mass is 10.3. The molecule has 0 aromatic carbocycles. The van der Waals surface area contributed by atoms with Gasteiger partial charge in [0.2, 0.25) is 0 Å². The number of anilines is 2. The molecular formula is C12H19N7O. The third kappa shape index (κ3) is 3.90. The third-order valence-electron chi connectivity index (χ3n) is 2.63. The van der Waals surface area contributed by atoms with Crippen molar-refractivity contribution in [3.05, 3.63) is 30.6 Å². The molecule has 2 heterocycles. The van der Waals surface area contributed by atoms with E-state index in [9.17, 15) is 0 Å². The summed E-state index contributed by atoms with van der Waals surface area (Å²) in [5.41, 5.74) is 2.52. The predicted octanol–water partition coefficient (Wildman–Crippen LogP) is 0.606. The lowest BCUT2D eigenvalue weighted by Gasteiger charge is -2.16. The van der Waals surface area contributed by atoms with Crippen molar-refractivity contribution in [2.45, 2.75) is 26.1 Å². The van der Waals surface area contributed by atoms with Gasteiger partial charge in [0.1, 0.15) is 18.2 Å². The van der Waals surface area contributed by atoms with Gasteiger partial charge in [0.05, 0.1) is 6.33 Å². The van der Waals surface area contributed by atoms with Crippen LogP contribution in [0.2, 0.25) is 0 Å². The first-order valence-corrected chi connectivity index (χ1v) is 6.27. The van der Waals surface area contributed by atoms with Crippen molar-refractivity contribution >= 4 is 11.6 Å². The molecule has 0 aliphatic rings. The summed E-state index contributed by atoms with van der Waals surface area (Å²) in [4.78, 5) is 12.6. The van der Waals surface area contributed by atoms with Crippen molar-refractivity contribution in [3.8, 4) is 0 Å². The average Bonchev–Trinajstić information content (AvgIpc) is 2.91. The fourth-order valence-electron chi connectivity index (χ4n) is 1.85. The van der Waals surface area contributed by atoms with Crippen molar-refractivity contribution in [1.29, 1.82) is 0 Å². The standard InChI is InChI=1S/C12H19N7O/c1-9(6-19-4-3-14-8-19)15-10-5-11(18-13)17-12(16-10)7-20-2/h3-5,8-9H,6-7,13H2,1-2H3,(H2,15,16,17,18). The normalized spacial score (nSPS) is 12.2. The maximum atomic E-state index is 5.40. The van der Waals surface area contributed by atoms with Gasteiger partial charge in [-0.1, -0.05) is 0 Å². The van der Waals surface area contributed by atoms with Crippen LogP contribution in [0.25, 0.3) is 0 Å². The van der Waals surface area contributed by atoms with Crippen molar-refractivity contribution in [1.82, 2.24) is 19.5 Å². The fourth-order valence-corrected chi connectivity index (χ4v) is 1.85. The predicted molar refractivity (Wildman–Crippen MR) is 75.9 cm³/mol. The Kier molecular flexibility index (Phi) is 4.85. The topological polar surface area (TPSA) is 103 Å². The Hall–Kier alpha value is -2.19. The molecule has 0 saturated heterocycles. The summed E-state index contributed by atoms with van der Waals surface area (Å²) in [6, 6.07) is 1.93. The van der Waals surface area contributed by atoms with Crippen LogP contribution in [-0.4, -0.2) is 32.7 Å². The second-order valence-electron chi connectivity index (χ2n) is 4.44. The molecule has 0 bridgehead atoms. The highest BCUT2D eigenvalue weighted by molar-refractivity contribution is 5.47. The Morgan fingerprint density at radius 2 is 2.20 bits per heavy atom. The molecule has 1 atom stereocenters. The molecule has 1 unspecified atom stereocenters. The van der Waals surface area contributed by atoms with E-state index in [1.54, 1.807) is 25.7 Å². The van der Waals surface area contributed by atoms with Crippen LogP contribution in [0.15, 0.2) is 24.8 Å². The van der Waals surface area contributed by atoms with Crippen molar-refractivity contribution < 1.29 is 4.74 Å². The van der Waals surface area contributed by atoms with E-state index in [0.717, 1.165) is 6.54 Å². The van der Waals surface area contributed by atoms with Crippen LogP contribution in [0.5, 0.6) is 0 Å². The monoisotopic (exact) mass is 277 g/mol. The van der Waals surface area contributed by atoms with E-state index in [0.29, 0.717) is 24.1 Å². The second kappa shape index (κ2) is 6.83. The second-order valence-corrected chi connectivity index (χ2v) is 4.44. The zero-order chi connectivity index (χ0) is 14.4. The van der Waals surface area contributed by atoms with Gasteiger partial charge in [-0.05, 0) is 6.92 Å². The molecule has 0 aliphatic carbocycles. The van der Waals surface area contributed by atoms with E-state index < -0.39 is 0 Å². The Balaban J connectivity index is 2.05. The summed E-state index contributed by atoms with van der Waals surface area (Å²) in [5, 5.41) is 3.30. The van der Waals surface area contributed by atoms with E-state index in [1.165, 1.54) is 0 Å². The van der Waals surface area contributed by atoms with E-state index in [4.69, 9.17) is 10.6 Å². The Morgan fingerprint density at radius 1 is 1.40 bits per heavy atom. The van der Waals surface area contributed by atoms with Crippen LogP contribution in [0.3, 0.4) is 0 Å². The molecule has 8 heteroatoms. The highest BCUT2D eigenvalue weighted by atomic mass is 16.5. The van der Waals surface area contributed by atoms with Gasteiger partial charge in [0, 0.05) is 38.2 Å². The number of methoxy groups -OCH3 is 1. The first kappa shape index (κ1) is 14.2. The molecule has 0 spiro atoms. The smallest absolute Gasteiger partial charge is 0.158 e. The first-order chi connectivity index (χ1) is 9.71. The Labute approximate surface area is 117 Å². The number of nitrogens with zero attached hydrogens (tertiary/aromatic N) is 4. The van der Waals surface area contributed by atoms with Crippen LogP contribution in [0, 0.1) is 0 Å². The van der Waals surface area contributed by atoms with Crippen LogP contribution in [0.4, 0.5) is 11.6 Å². The van der Waals surface area contributed by atoms with E-state index in [2.05, 4.69) is 32.6 Å². The molecular weight excluding hydrogens is 258 g/mol. The molecule has 2 rings (SSSR count). The van der Waals surface area contributed by atoms with Crippen molar-refractivity contribution in [2.24, 2.45) is 5.84 Å². The van der Waals surface area contributed by atoms with Gasteiger partial charge in [0.25, 0.3) is 0 Å². The molecule has 0 fully saturated rings. The van der Waals surface area contributed by atoms with Crippen LogP contribution in [-0.2, 0) is 17.9 Å². The Bertz CT molecular complexity index is 529. The lowest BCUT2D eigenvalue weighted by molar-refractivity contribution is 0.178. The summed E-state index contributed by atoms with van der Waals surface area (Å²) in [7, 11) is 1.60. The SMILES string of the molecule is COCc1nc(NN)cc(NC(C)Cn2ccnc2)n1. The highest BCUT2D eigenvalue weighted by Crippen LogP contribution is 2.12. The maximum absolute atomic E-state index is 5.40. The molecule has 0 amide bonds. The zero-order valence-corrected chi connectivity index (χ0v) is 11.6. The van der Waals surface area contributed by atoms with Gasteiger partial charge in [-0.3, -0.25) is 0 Å². The fraction of sp³-hybridized carbons (Fsp3) is 0.417. The number of imidazole rings is 1. The largest absolute Gasteiger partial charge is 0.377 e. The van der Waals surface area contributed by atoms with Gasteiger partial charge in [-0.15, -0.1) is 0 Å². The van der Waals surface area contributed by atoms with Gasteiger partial charge in [-0.2, -0.15) is 0 Å². The molecule has 2 aromatic rings.